The summed E-state index contributed by atoms with van der Waals surface area (Å²) in [4.78, 5) is 13.1. The third-order valence-electron chi connectivity index (χ3n) is 3.35. The van der Waals surface area contributed by atoms with Crippen molar-refractivity contribution in [2.24, 2.45) is 5.92 Å². The first kappa shape index (κ1) is 17.2. The van der Waals surface area contributed by atoms with Crippen molar-refractivity contribution < 1.29 is 14.3 Å². The molecule has 122 valence electrons. The van der Waals surface area contributed by atoms with Crippen LogP contribution in [0.2, 0.25) is 5.02 Å². The Morgan fingerprint density at radius 1 is 1.39 bits per heavy atom. The Labute approximate surface area is 141 Å². The standard InChI is InChI=1S/C18H20ClNO3/c1-4-13-9-14(19)5-7-16(13)20(10-12(2)3)11-15-6-8-17(23-15)18(21)22/h4-9,12H,1,10-11H2,2-3H3,(H,21,22). The summed E-state index contributed by atoms with van der Waals surface area (Å²) in [5.41, 5.74) is 1.93. The number of carboxylic acid groups (broad SMARTS) is 1. The molecule has 5 heteroatoms. The van der Waals surface area contributed by atoms with E-state index in [-0.39, 0.29) is 5.76 Å². The quantitative estimate of drug-likeness (QED) is 0.780. The first-order chi connectivity index (χ1) is 10.9. The van der Waals surface area contributed by atoms with Gasteiger partial charge in [0.25, 0.3) is 0 Å². The van der Waals surface area contributed by atoms with Crippen LogP contribution in [0.25, 0.3) is 6.08 Å². The molecule has 1 heterocycles. The minimum Gasteiger partial charge on any atom is -0.475 e. The molecule has 1 N–H and O–H groups in total. The second-order valence-electron chi connectivity index (χ2n) is 5.75. The second kappa shape index (κ2) is 7.38. The average Bonchev–Trinajstić information content (AvgIpc) is 2.94. The van der Waals surface area contributed by atoms with E-state index in [1.807, 2.05) is 18.2 Å². The fourth-order valence-electron chi connectivity index (χ4n) is 2.43. The molecule has 0 saturated carbocycles. The lowest BCUT2D eigenvalue weighted by molar-refractivity contribution is 0.0660. The molecule has 0 atom stereocenters. The zero-order valence-corrected chi connectivity index (χ0v) is 14.0. The van der Waals surface area contributed by atoms with E-state index in [1.54, 1.807) is 12.1 Å². The van der Waals surface area contributed by atoms with Gasteiger partial charge in [0, 0.05) is 17.3 Å². The number of furan rings is 1. The van der Waals surface area contributed by atoms with Crippen molar-refractivity contribution in [1.29, 1.82) is 0 Å². The molecule has 0 aliphatic rings. The Morgan fingerprint density at radius 3 is 2.70 bits per heavy atom. The van der Waals surface area contributed by atoms with Crippen molar-refractivity contribution in [3.05, 3.63) is 59.0 Å². The van der Waals surface area contributed by atoms with Crippen LogP contribution in [0.15, 0.2) is 41.3 Å². The summed E-state index contributed by atoms with van der Waals surface area (Å²) < 4.78 is 5.38. The van der Waals surface area contributed by atoms with Crippen molar-refractivity contribution in [2.75, 3.05) is 11.4 Å². The summed E-state index contributed by atoms with van der Waals surface area (Å²) in [6.45, 7) is 9.37. The Morgan fingerprint density at radius 2 is 2.13 bits per heavy atom. The highest BCUT2D eigenvalue weighted by molar-refractivity contribution is 6.30. The molecule has 0 spiro atoms. The van der Waals surface area contributed by atoms with Gasteiger partial charge in [0.2, 0.25) is 5.76 Å². The zero-order chi connectivity index (χ0) is 17.0. The highest BCUT2D eigenvalue weighted by atomic mass is 35.5. The number of carbonyl (C=O) groups is 1. The van der Waals surface area contributed by atoms with Crippen molar-refractivity contribution in [2.45, 2.75) is 20.4 Å². The summed E-state index contributed by atoms with van der Waals surface area (Å²) in [7, 11) is 0. The van der Waals surface area contributed by atoms with Gasteiger partial charge in [-0.15, -0.1) is 0 Å². The van der Waals surface area contributed by atoms with Gasteiger partial charge in [0.05, 0.1) is 6.54 Å². The smallest absolute Gasteiger partial charge is 0.371 e. The Balaban J connectivity index is 2.33. The minimum absolute atomic E-state index is 0.0513. The topological polar surface area (TPSA) is 53.7 Å². The third kappa shape index (κ3) is 4.39. The van der Waals surface area contributed by atoms with Gasteiger partial charge in [-0.05, 0) is 41.8 Å². The molecule has 0 saturated heterocycles. The van der Waals surface area contributed by atoms with E-state index in [4.69, 9.17) is 21.1 Å². The van der Waals surface area contributed by atoms with Gasteiger partial charge in [0.1, 0.15) is 5.76 Å². The highest BCUT2D eigenvalue weighted by Crippen LogP contribution is 2.28. The fourth-order valence-corrected chi connectivity index (χ4v) is 2.61. The van der Waals surface area contributed by atoms with Crippen molar-refractivity contribution in [1.82, 2.24) is 0 Å². The van der Waals surface area contributed by atoms with E-state index in [0.29, 0.717) is 23.2 Å². The summed E-state index contributed by atoms with van der Waals surface area (Å²) in [5, 5.41) is 9.62. The predicted octanol–water partition coefficient (Wildman–Crippen LogP) is 4.94. The number of hydrogen-bond acceptors (Lipinski definition) is 3. The molecule has 2 aromatic rings. The van der Waals surface area contributed by atoms with Gasteiger partial charge >= 0.3 is 5.97 Å². The van der Waals surface area contributed by atoms with Crippen LogP contribution in [0.3, 0.4) is 0 Å². The lowest BCUT2D eigenvalue weighted by atomic mass is 10.1. The molecular weight excluding hydrogens is 314 g/mol. The molecule has 1 aromatic heterocycles. The Bertz CT molecular complexity index is 706. The normalized spacial score (nSPS) is 10.8. The maximum atomic E-state index is 11.0. The van der Waals surface area contributed by atoms with Gasteiger partial charge in [-0.1, -0.05) is 38.1 Å². The van der Waals surface area contributed by atoms with Crippen molar-refractivity contribution >= 4 is 29.3 Å². The lowest BCUT2D eigenvalue weighted by Gasteiger charge is -2.27. The molecule has 0 amide bonds. The van der Waals surface area contributed by atoms with Crippen LogP contribution < -0.4 is 4.90 Å². The van der Waals surface area contributed by atoms with Crippen LogP contribution in [-0.2, 0) is 6.54 Å². The zero-order valence-electron chi connectivity index (χ0n) is 13.3. The van der Waals surface area contributed by atoms with Crippen LogP contribution in [0.4, 0.5) is 5.69 Å². The molecule has 0 fully saturated rings. The molecule has 23 heavy (non-hydrogen) atoms. The maximum Gasteiger partial charge on any atom is 0.371 e. The number of nitrogens with zero attached hydrogens (tertiary/aromatic N) is 1. The van der Waals surface area contributed by atoms with Crippen LogP contribution in [0, 0.1) is 5.92 Å². The van der Waals surface area contributed by atoms with E-state index in [2.05, 4.69) is 25.3 Å². The van der Waals surface area contributed by atoms with Crippen LogP contribution in [0.1, 0.15) is 35.7 Å². The van der Waals surface area contributed by atoms with Crippen LogP contribution >= 0.6 is 11.6 Å². The predicted molar refractivity (Wildman–Crippen MR) is 93.1 cm³/mol. The largest absolute Gasteiger partial charge is 0.475 e. The average molecular weight is 334 g/mol. The van der Waals surface area contributed by atoms with Gasteiger partial charge in [-0.25, -0.2) is 4.79 Å². The minimum atomic E-state index is -1.06. The first-order valence-electron chi connectivity index (χ1n) is 7.39. The molecule has 0 unspecified atom stereocenters. The SMILES string of the molecule is C=Cc1cc(Cl)ccc1N(Cc1ccc(C(=O)O)o1)CC(C)C. The van der Waals surface area contributed by atoms with Gasteiger partial charge < -0.3 is 14.4 Å². The maximum absolute atomic E-state index is 11.0. The molecule has 0 aliphatic carbocycles. The van der Waals surface area contributed by atoms with Crippen LogP contribution in [0.5, 0.6) is 0 Å². The third-order valence-corrected chi connectivity index (χ3v) is 3.59. The number of aromatic carboxylic acids is 1. The van der Waals surface area contributed by atoms with Gasteiger partial charge in [0.15, 0.2) is 0 Å². The van der Waals surface area contributed by atoms with E-state index in [0.717, 1.165) is 17.8 Å². The number of rotatable bonds is 7. The molecule has 1 aromatic carbocycles. The molecule has 0 aliphatic heterocycles. The van der Waals surface area contributed by atoms with Gasteiger partial charge in [-0.3, -0.25) is 0 Å². The lowest BCUT2D eigenvalue weighted by Crippen LogP contribution is -2.27. The Hall–Kier alpha value is -2.20. The van der Waals surface area contributed by atoms with E-state index < -0.39 is 5.97 Å². The fraction of sp³-hybridized carbons (Fsp3) is 0.278. The molecule has 4 nitrogen and oxygen atoms in total. The van der Waals surface area contributed by atoms with Crippen molar-refractivity contribution in [3.63, 3.8) is 0 Å². The molecule has 0 radical (unpaired) electrons. The number of halogens is 1. The van der Waals surface area contributed by atoms with E-state index in [9.17, 15) is 4.79 Å². The summed E-state index contributed by atoms with van der Waals surface area (Å²) in [6.07, 6.45) is 1.76. The number of benzene rings is 1. The molecule has 2 rings (SSSR count). The van der Waals surface area contributed by atoms with Crippen LogP contribution in [-0.4, -0.2) is 17.6 Å². The van der Waals surface area contributed by atoms with Gasteiger partial charge in [-0.2, -0.15) is 0 Å². The molecular formula is C18H20ClNO3. The monoisotopic (exact) mass is 333 g/mol. The number of hydrogen-bond donors (Lipinski definition) is 1. The molecule has 0 bridgehead atoms. The van der Waals surface area contributed by atoms with E-state index >= 15 is 0 Å². The summed E-state index contributed by atoms with van der Waals surface area (Å²) in [6, 6.07) is 8.81. The Kier molecular flexibility index (Phi) is 5.50. The van der Waals surface area contributed by atoms with E-state index in [1.165, 1.54) is 6.07 Å². The number of anilines is 1. The summed E-state index contributed by atoms with van der Waals surface area (Å²) in [5.74, 6) is -0.0836. The highest BCUT2D eigenvalue weighted by Gasteiger charge is 2.16. The van der Waals surface area contributed by atoms with Crippen molar-refractivity contribution in [3.8, 4) is 0 Å². The number of carboxylic acids is 1. The second-order valence-corrected chi connectivity index (χ2v) is 6.19. The summed E-state index contributed by atoms with van der Waals surface area (Å²) >= 11 is 6.05. The first-order valence-corrected chi connectivity index (χ1v) is 7.77.